The molecule has 0 aromatic heterocycles. The van der Waals surface area contributed by atoms with Crippen molar-refractivity contribution in [2.24, 2.45) is 0 Å². The molecule has 1 atom stereocenters. The normalized spacial score (nSPS) is 22.5. The fourth-order valence-corrected chi connectivity index (χ4v) is 2.38. The zero-order valence-electron chi connectivity index (χ0n) is 7.83. The average Bonchev–Trinajstić information content (AvgIpc) is 2.15. The van der Waals surface area contributed by atoms with Crippen LogP contribution in [0.25, 0.3) is 0 Å². The van der Waals surface area contributed by atoms with Crippen molar-refractivity contribution in [1.29, 1.82) is 0 Å². The van der Waals surface area contributed by atoms with Crippen molar-refractivity contribution in [3.63, 3.8) is 0 Å². The second-order valence-electron chi connectivity index (χ2n) is 3.27. The summed E-state index contributed by atoms with van der Waals surface area (Å²) in [5.74, 6) is 2.37. The van der Waals surface area contributed by atoms with Gasteiger partial charge in [-0.3, -0.25) is 4.90 Å². The van der Waals surface area contributed by atoms with E-state index in [1.165, 1.54) is 17.9 Å². The van der Waals surface area contributed by atoms with E-state index in [4.69, 9.17) is 0 Å². The maximum absolute atomic E-state index is 9.72. The molecule has 0 aliphatic carbocycles. The molecule has 1 saturated heterocycles. The number of aliphatic hydroxyl groups is 1. The third-order valence-corrected chi connectivity index (χ3v) is 3.23. The lowest BCUT2D eigenvalue weighted by Crippen LogP contribution is -2.40. The smallest absolute Gasteiger partial charge is 0.107 e. The van der Waals surface area contributed by atoms with E-state index in [1.807, 2.05) is 11.8 Å². The van der Waals surface area contributed by atoms with Crippen molar-refractivity contribution < 1.29 is 5.11 Å². The highest BCUT2D eigenvalue weighted by Gasteiger charge is 2.17. The van der Waals surface area contributed by atoms with Gasteiger partial charge < -0.3 is 5.11 Å². The van der Waals surface area contributed by atoms with Gasteiger partial charge in [-0.05, 0) is 12.8 Å². The molecular formula is C9H19NOS. The molecule has 0 radical (unpaired) electrons. The topological polar surface area (TPSA) is 23.5 Å². The summed E-state index contributed by atoms with van der Waals surface area (Å²) in [7, 11) is 0. The van der Waals surface area contributed by atoms with Crippen molar-refractivity contribution >= 4 is 11.8 Å². The molecule has 72 valence electrons. The van der Waals surface area contributed by atoms with Crippen LogP contribution >= 0.6 is 11.8 Å². The van der Waals surface area contributed by atoms with Crippen LogP contribution in [0.2, 0.25) is 0 Å². The van der Waals surface area contributed by atoms with Crippen LogP contribution in [0.1, 0.15) is 26.2 Å². The summed E-state index contributed by atoms with van der Waals surface area (Å²) < 4.78 is 0. The zero-order valence-corrected chi connectivity index (χ0v) is 8.65. The molecule has 1 heterocycles. The van der Waals surface area contributed by atoms with Gasteiger partial charge in [0.1, 0.15) is 6.23 Å². The Bertz CT molecular complexity index is 115. The van der Waals surface area contributed by atoms with Gasteiger partial charge in [0.15, 0.2) is 0 Å². The summed E-state index contributed by atoms with van der Waals surface area (Å²) >= 11 is 1.99. The Morgan fingerprint density at radius 3 is 2.67 bits per heavy atom. The second-order valence-corrected chi connectivity index (χ2v) is 4.50. The third-order valence-electron chi connectivity index (χ3n) is 2.28. The van der Waals surface area contributed by atoms with E-state index in [2.05, 4.69) is 11.8 Å². The molecule has 3 heteroatoms. The molecule has 0 bridgehead atoms. The predicted octanol–water partition coefficient (Wildman–Crippen LogP) is 1.54. The highest BCUT2D eigenvalue weighted by Crippen LogP contribution is 2.13. The van der Waals surface area contributed by atoms with Crippen LogP contribution in [0.4, 0.5) is 0 Å². The Labute approximate surface area is 79.3 Å². The molecule has 1 unspecified atom stereocenters. The number of hydrogen-bond acceptors (Lipinski definition) is 3. The lowest BCUT2D eigenvalue weighted by Gasteiger charge is -2.30. The first-order chi connectivity index (χ1) is 5.84. The first-order valence-corrected chi connectivity index (χ1v) is 6.00. The lowest BCUT2D eigenvalue weighted by molar-refractivity contribution is 0.00291. The number of thioether (sulfide) groups is 1. The van der Waals surface area contributed by atoms with E-state index in [9.17, 15) is 5.11 Å². The Morgan fingerprint density at radius 1 is 1.42 bits per heavy atom. The number of nitrogens with zero attached hydrogens (tertiary/aromatic N) is 1. The van der Waals surface area contributed by atoms with Gasteiger partial charge in [-0.1, -0.05) is 13.3 Å². The standard InChI is InChI=1S/C9H19NOS/c1-2-3-4-9(11)10-5-7-12-8-6-10/h9,11H,2-8H2,1H3. The molecule has 1 rings (SSSR count). The molecule has 1 aliphatic heterocycles. The molecule has 0 aromatic carbocycles. The summed E-state index contributed by atoms with van der Waals surface area (Å²) in [5.41, 5.74) is 0. The summed E-state index contributed by atoms with van der Waals surface area (Å²) in [4.78, 5) is 2.20. The third kappa shape index (κ3) is 3.33. The average molecular weight is 189 g/mol. The Kier molecular flexibility index (Phi) is 5.04. The molecule has 0 spiro atoms. The van der Waals surface area contributed by atoms with Gasteiger partial charge in [-0.25, -0.2) is 0 Å². The van der Waals surface area contributed by atoms with Crippen molar-refractivity contribution in [3.05, 3.63) is 0 Å². The fraction of sp³-hybridized carbons (Fsp3) is 1.00. The molecule has 2 nitrogen and oxygen atoms in total. The highest BCUT2D eigenvalue weighted by atomic mass is 32.2. The van der Waals surface area contributed by atoms with Gasteiger partial charge >= 0.3 is 0 Å². The van der Waals surface area contributed by atoms with Crippen LogP contribution < -0.4 is 0 Å². The Balaban J connectivity index is 2.15. The predicted molar refractivity (Wildman–Crippen MR) is 54.4 cm³/mol. The molecule has 1 fully saturated rings. The molecule has 0 saturated carbocycles. The maximum Gasteiger partial charge on any atom is 0.107 e. The van der Waals surface area contributed by atoms with Gasteiger partial charge in [0.25, 0.3) is 0 Å². The summed E-state index contributed by atoms with van der Waals surface area (Å²) in [6, 6.07) is 0. The molecule has 1 aliphatic rings. The zero-order chi connectivity index (χ0) is 8.81. The van der Waals surface area contributed by atoms with E-state index >= 15 is 0 Å². The number of aliphatic hydroxyl groups excluding tert-OH is 1. The molecule has 1 N–H and O–H groups in total. The molecular weight excluding hydrogens is 170 g/mol. The first kappa shape index (κ1) is 10.4. The minimum Gasteiger partial charge on any atom is -0.378 e. The van der Waals surface area contributed by atoms with E-state index in [0.717, 1.165) is 25.9 Å². The minimum atomic E-state index is -0.175. The summed E-state index contributed by atoms with van der Waals surface area (Å²) in [6.45, 7) is 4.30. The van der Waals surface area contributed by atoms with Crippen LogP contribution in [0.5, 0.6) is 0 Å². The van der Waals surface area contributed by atoms with Crippen LogP contribution in [-0.2, 0) is 0 Å². The monoisotopic (exact) mass is 189 g/mol. The van der Waals surface area contributed by atoms with E-state index in [-0.39, 0.29) is 6.23 Å². The number of rotatable bonds is 4. The van der Waals surface area contributed by atoms with Gasteiger partial charge in [0.05, 0.1) is 0 Å². The van der Waals surface area contributed by atoms with Crippen molar-refractivity contribution in [2.45, 2.75) is 32.4 Å². The van der Waals surface area contributed by atoms with Crippen molar-refractivity contribution in [2.75, 3.05) is 24.6 Å². The Morgan fingerprint density at radius 2 is 2.08 bits per heavy atom. The Hall–Kier alpha value is 0.270. The SMILES string of the molecule is CCCCC(O)N1CCSCC1. The molecule has 0 amide bonds. The maximum atomic E-state index is 9.72. The van der Waals surface area contributed by atoms with Crippen LogP contribution in [0, 0.1) is 0 Å². The largest absolute Gasteiger partial charge is 0.378 e. The second kappa shape index (κ2) is 5.84. The van der Waals surface area contributed by atoms with Gasteiger partial charge in [-0.2, -0.15) is 11.8 Å². The van der Waals surface area contributed by atoms with Gasteiger partial charge in [0, 0.05) is 24.6 Å². The van der Waals surface area contributed by atoms with Crippen LogP contribution in [-0.4, -0.2) is 40.8 Å². The lowest BCUT2D eigenvalue weighted by atomic mass is 10.2. The van der Waals surface area contributed by atoms with Crippen LogP contribution in [0.15, 0.2) is 0 Å². The number of hydrogen-bond donors (Lipinski definition) is 1. The molecule has 12 heavy (non-hydrogen) atoms. The highest BCUT2D eigenvalue weighted by molar-refractivity contribution is 7.99. The summed E-state index contributed by atoms with van der Waals surface area (Å²) in [6.07, 6.45) is 3.09. The van der Waals surface area contributed by atoms with Gasteiger partial charge in [-0.15, -0.1) is 0 Å². The van der Waals surface area contributed by atoms with E-state index in [1.54, 1.807) is 0 Å². The van der Waals surface area contributed by atoms with Crippen LogP contribution in [0.3, 0.4) is 0 Å². The van der Waals surface area contributed by atoms with E-state index < -0.39 is 0 Å². The fourth-order valence-electron chi connectivity index (χ4n) is 1.44. The minimum absolute atomic E-state index is 0.175. The first-order valence-electron chi connectivity index (χ1n) is 4.84. The van der Waals surface area contributed by atoms with Crippen molar-refractivity contribution in [1.82, 2.24) is 4.90 Å². The van der Waals surface area contributed by atoms with Crippen molar-refractivity contribution in [3.8, 4) is 0 Å². The molecule has 0 aromatic rings. The summed E-state index contributed by atoms with van der Waals surface area (Å²) in [5, 5.41) is 9.72. The number of unbranched alkanes of at least 4 members (excludes halogenated alkanes) is 1. The van der Waals surface area contributed by atoms with E-state index in [0.29, 0.717) is 0 Å². The van der Waals surface area contributed by atoms with Gasteiger partial charge in [0.2, 0.25) is 0 Å². The quantitative estimate of drug-likeness (QED) is 0.726.